The Morgan fingerprint density at radius 3 is 3.00 bits per heavy atom. The van der Waals surface area contributed by atoms with Crippen molar-refractivity contribution < 1.29 is 19.7 Å². The van der Waals surface area contributed by atoms with Gasteiger partial charge in [0.1, 0.15) is 17.9 Å². The first-order valence-electron chi connectivity index (χ1n) is 4.03. The first kappa shape index (κ1) is 9.10. The fourth-order valence-corrected chi connectivity index (χ4v) is 1.45. The summed E-state index contributed by atoms with van der Waals surface area (Å²) in [5.41, 5.74) is 0.168. The van der Waals surface area contributed by atoms with Gasteiger partial charge in [0.05, 0.1) is 13.7 Å². The fourth-order valence-electron chi connectivity index (χ4n) is 1.45. The van der Waals surface area contributed by atoms with Gasteiger partial charge in [-0.3, -0.25) is 0 Å². The van der Waals surface area contributed by atoms with Crippen LogP contribution in [0.25, 0.3) is 0 Å². The van der Waals surface area contributed by atoms with Gasteiger partial charge < -0.3 is 14.9 Å². The highest BCUT2D eigenvalue weighted by Crippen LogP contribution is 2.27. The summed E-state index contributed by atoms with van der Waals surface area (Å²) in [6, 6.07) is 0. The van der Waals surface area contributed by atoms with Gasteiger partial charge in [-0.15, -0.1) is 5.10 Å². The van der Waals surface area contributed by atoms with Gasteiger partial charge in [-0.1, -0.05) is 5.21 Å². The zero-order valence-corrected chi connectivity index (χ0v) is 7.41. The highest BCUT2D eigenvalue weighted by Gasteiger charge is 2.36. The largest absolute Gasteiger partial charge is 0.464 e. The molecule has 0 aromatic carbocycles. The highest BCUT2D eigenvalue weighted by atomic mass is 16.5. The minimum absolute atomic E-state index is 0.0449. The van der Waals surface area contributed by atoms with Crippen LogP contribution in [0.1, 0.15) is 22.3 Å². The molecular weight excluding hydrogens is 190 g/mol. The Morgan fingerprint density at radius 1 is 1.64 bits per heavy atom. The molecule has 0 radical (unpaired) electrons. The summed E-state index contributed by atoms with van der Waals surface area (Å²) in [6.45, 7) is 0.139. The smallest absolute Gasteiger partial charge is 0.360 e. The maximum absolute atomic E-state index is 11.2. The molecule has 2 N–H and O–H groups in total. The van der Waals surface area contributed by atoms with Gasteiger partial charge in [-0.05, 0) is 0 Å². The van der Waals surface area contributed by atoms with Gasteiger partial charge in [-0.25, -0.2) is 9.48 Å². The maximum atomic E-state index is 11.2. The number of aromatic nitrogens is 3. The molecule has 1 aromatic heterocycles. The average molecular weight is 199 g/mol. The van der Waals surface area contributed by atoms with Crippen LogP contribution in [0.2, 0.25) is 0 Å². The molecular formula is C7H9N3O4. The number of hydrogen-bond donors (Lipinski definition) is 2. The first-order chi connectivity index (χ1) is 6.65. The van der Waals surface area contributed by atoms with Crippen molar-refractivity contribution in [3.8, 4) is 0 Å². The third-order valence-corrected chi connectivity index (χ3v) is 2.16. The summed E-state index contributed by atoms with van der Waals surface area (Å²) in [5.74, 6) is -0.667. The number of esters is 1. The van der Waals surface area contributed by atoms with E-state index in [1.807, 2.05) is 0 Å². The molecule has 7 heteroatoms. The zero-order chi connectivity index (χ0) is 10.3. The summed E-state index contributed by atoms with van der Waals surface area (Å²) in [7, 11) is 1.21. The van der Waals surface area contributed by atoms with Crippen LogP contribution in [0.3, 0.4) is 0 Å². The van der Waals surface area contributed by atoms with Crippen molar-refractivity contribution in [2.75, 3.05) is 7.11 Å². The molecule has 14 heavy (non-hydrogen) atoms. The average Bonchev–Trinajstić information content (AvgIpc) is 2.68. The number of aliphatic hydroxyl groups excluding tert-OH is 2. The number of nitrogens with zero attached hydrogens (tertiary/aromatic N) is 3. The molecule has 76 valence electrons. The molecule has 7 nitrogen and oxygen atoms in total. The standard InChI is InChI=1S/C7H9N3O4/c1-14-7(13)4-5-6(12)3(11)2-10(5)9-8-4/h3,6,11-12H,2H2,1H3/t3-,6+/m0/s1. The van der Waals surface area contributed by atoms with E-state index >= 15 is 0 Å². The molecule has 1 aliphatic heterocycles. The van der Waals surface area contributed by atoms with E-state index in [1.165, 1.54) is 11.8 Å². The summed E-state index contributed by atoms with van der Waals surface area (Å²) in [5, 5.41) is 26.0. The van der Waals surface area contributed by atoms with Crippen LogP contribution in [0.4, 0.5) is 0 Å². The normalized spacial score (nSPS) is 24.8. The van der Waals surface area contributed by atoms with E-state index in [0.29, 0.717) is 0 Å². The Hall–Kier alpha value is -1.47. The van der Waals surface area contributed by atoms with Crippen molar-refractivity contribution >= 4 is 5.97 Å². The summed E-state index contributed by atoms with van der Waals surface area (Å²) < 4.78 is 5.75. The molecule has 0 fully saturated rings. The van der Waals surface area contributed by atoms with Gasteiger partial charge in [0.15, 0.2) is 5.69 Å². The topological polar surface area (TPSA) is 97.5 Å². The number of methoxy groups -OCH3 is 1. The number of ether oxygens (including phenoxy) is 1. The van der Waals surface area contributed by atoms with Crippen molar-refractivity contribution in [1.82, 2.24) is 15.0 Å². The number of hydrogen-bond acceptors (Lipinski definition) is 6. The SMILES string of the molecule is COC(=O)c1nnn2c1[C@H](O)[C@@H](O)C2. The van der Waals surface area contributed by atoms with Crippen LogP contribution >= 0.6 is 0 Å². The summed E-state index contributed by atoms with van der Waals surface area (Å²) in [4.78, 5) is 11.2. The molecule has 2 heterocycles. The number of rotatable bonds is 1. The lowest BCUT2D eigenvalue weighted by Crippen LogP contribution is -2.16. The second-order valence-corrected chi connectivity index (χ2v) is 3.01. The minimum atomic E-state index is -1.13. The maximum Gasteiger partial charge on any atom is 0.360 e. The van der Waals surface area contributed by atoms with Crippen LogP contribution in [0, 0.1) is 0 Å². The molecule has 0 unspecified atom stereocenters. The summed E-state index contributed by atoms with van der Waals surface area (Å²) >= 11 is 0. The van der Waals surface area contributed by atoms with Gasteiger partial charge in [0.25, 0.3) is 0 Å². The van der Waals surface area contributed by atoms with E-state index in [-0.39, 0.29) is 17.9 Å². The van der Waals surface area contributed by atoms with Crippen molar-refractivity contribution in [3.05, 3.63) is 11.4 Å². The second kappa shape index (κ2) is 3.03. The predicted molar refractivity (Wildman–Crippen MR) is 42.3 cm³/mol. The van der Waals surface area contributed by atoms with Gasteiger partial charge in [-0.2, -0.15) is 0 Å². The van der Waals surface area contributed by atoms with E-state index < -0.39 is 18.2 Å². The number of fused-ring (bicyclic) bond motifs is 1. The quantitative estimate of drug-likeness (QED) is 0.533. The first-order valence-corrected chi connectivity index (χ1v) is 4.03. The molecule has 2 rings (SSSR count). The van der Waals surface area contributed by atoms with Gasteiger partial charge in [0, 0.05) is 0 Å². The Kier molecular flexibility index (Phi) is 1.97. The Morgan fingerprint density at radius 2 is 2.36 bits per heavy atom. The lowest BCUT2D eigenvalue weighted by molar-refractivity contribution is 0.0283. The van der Waals surface area contributed by atoms with E-state index in [0.717, 1.165) is 0 Å². The van der Waals surface area contributed by atoms with Crippen LogP contribution in [-0.4, -0.2) is 44.4 Å². The van der Waals surface area contributed by atoms with Gasteiger partial charge >= 0.3 is 5.97 Å². The molecule has 0 saturated carbocycles. The number of carbonyl (C=O) groups excluding carboxylic acids is 1. The molecule has 0 bridgehead atoms. The fraction of sp³-hybridized carbons (Fsp3) is 0.571. The zero-order valence-electron chi connectivity index (χ0n) is 7.41. The second-order valence-electron chi connectivity index (χ2n) is 3.01. The molecule has 1 aromatic rings. The van der Waals surface area contributed by atoms with Crippen molar-refractivity contribution in [3.63, 3.8) is 0 Å². The van der Waals surface area contributed by atoms with E-state index in [4.69, 9.17) is 0 Å². The number of aliphatic hydroxyl groups is 2. The Bertz CT molecular complexity index is 375. The van der Waals surface area contributed by atoms with Crippen LogP contribution < -0.4 is 0 Å². The third kappa shape index (κ3) is 1.10. The van der Waals surface area contributed by atoms with Crippen molar-refractivity contribution in [1.29, 1.82) is 0 Å². The van der Waals surface area contributed by atoms with E-state index in [2.05, 4.69) is 15.0 Å². The lowest BCUT2D eigenvalue weighted by atomic mass is 10.1. The van der Waals surface area contributed by atoms with Gasteiger partial charge in [0.2, 0.25) is 0 Å². The van der Waals surface area contributed by atoms with E-state index in [1.54, 1.807) is 0 Å². The van der Waals surface area contributed by atoms with Crippen molar-refractivity contribution in [2.45, 2.75) is 18.8 Å². The monoisotopic (exact) mass is 199 g/mol. The molecule has 1 aliphatic rings. The van der Waals surface area contributed by atoms with Crippen LogP contribution in [0.5, 0.6) is 0 Å². The van der Waals surface area contributed by atoms with Crippen LogP contribution in [-0.2, 0) is 11.3 Å². The van der Waals surface area contributed by atoms with E-state index in [9.17, 15) is 15.0 Å². The third-order valence-electron chi connectivity index (χ3n) is 2.16. The predicted octanol–water partition coefficient (Wildman–Crippen LogP) is -1.53. The number of carbonyl (C=O) groups is 1. The van der Waals surface area contributed by atoms with Crippen molar-refractivity contribution in [2.24, 2.45) is 0 Å². The minimum Gasteiger partial charge on any atom is -0.464 e. The highest BCUT2D eigenvalue weighted by molar-refractivity contribution is 5.88. The Labute approximate surface area is 78.9 Å². The molecule has 0 amide bonds. The molecule has 0 aliphatic carbocycles. The Balaban J connectivity index is 2.43. The lowest BCUT2D eigenvalue weighted by Gasteiger charge is -2.05. The summed E-state index contributed by atoms with van der Waals surface area (Å²) in [6.07, 6.45) is -2.07. The molecule has 2 atom stereocenters. The molecule has 0 saturated heterocycles. The van der Waals surface area contributed by atoms with Crippen LogP contribution in [0.15, 0.2) is 0 Å². The molecule has 0 spiro atoms.